The standard InChI is InChI=1S/C100H84N2/c1-61-19-35-69(36-20-61)87(70-37-21-62(2)22-38-70)51-67-31-47-79(48-32-67)101(77-43-27-65(5)28-44-77)81-55-73-53-75(99(7,8)9)57-91-93(73)89(59-81)83-15-13-17-85-95(83)97(91)86-18-14-16-84-90-60-82(56-74-54-76(100(10,11)12)58-92(94(74)90)98(85)96(84)86)102(78-45-29-66(6)30-46-78)80-49-33-68(34-50-80)52-88(71-39-23-63(3)24-40-71)72-41-25-64(4)26-42-72/h13-60H,1-12H3. The van der Waals surface area contributed by atoms with Crippen LogP contribution in [0.3, 0.4) is 0 Å². The predicted octanol–water partition coefficient (Wildman–Crippen LogP) is 28.4. The lowest BCUT2D eigenvalue weighted by Crippen LogP contribution is -2.12. The average molecular weight is 1310 g/mol. The maximum Gasteiger partial charge on any atom is 0.0474 e. The first-order valence-corrected chi connectivity index (χ1v) is 36.2. The van der Waals surface area contributed by atoms with Gasteiger partial charge in [0.1, 0.15) is 0 Å². The molecule has 0 saturated carbocycles. The quantitative estimate of drug-likeness (QED) is 0.0683. The molecule has 0 aliphatic carbocycles. The number of nitrogens with zero attached hydrogens (tertiary/aromatic N) is 2. The summed E-state index contributed by atoms with van der Waals surface area (Å²) in [5.41, 5.74) is 25.9. The van der Waals surface area contributed by atoms with Crippen LogP contribution in [0.25, 0.3) is 109 Å². The first kappa shape index (κ1) is 63.8. The first-order chi connectivity index (χ1) is 49.2. The second-order valence-electron chi connectivity index (χ2n) is 31.0. The third-order valence-electron chi connectivity index (χ3n) is 21.6. The van der Waals surface area contributed by atoms with Gasteiger partial charge in [-0.15, -0.1) is 0 Å². The Labute approximate surface area is 600 Å². The molecule has 0 fully saturated rings. The summed E-state index contributed by atoms with van der Waals surface area (Å²) in [4.78, 5) is 4.95. The number of rotatable bonds is 12. The zero-order chi connectivity index (χ0) is 70.0. The Morgan fingerprint density at radius 3 is 0.794 bits per heavy atom. The van der Waals surface area contributed by atoms with E-state index in [1.165, 1.54) is 164 Å². The zero-order valence-electron chi connectivity index (χ0n) is 60.6. The summed E-state index contributed by atoms with van der Waals surface area (Å²) in [6.07, 6.45) is 4.69. The van der Waals surface area contributed by atoms with E-state index in [0.717, 1.165) is 45.3 Å². The Hall–Kier alpha value is -11.6. The maximum atomic E-state index is 2.55. The van der Waals surface area contributed by atoms with Crippen molar-refractivity contribution >= 4 is 144 Å². The van der Waals surface area contributed by atoms with Crippen LogP contribution in [-0.4, -0.2) is 0 Å². The Morgan fingerprint density at radius 2 is 0.500 bits per heavy atom. The van der Waals surface area contributed by atoms with E-state index in [0.29, 0.717) is 0 Å². The van der Waals surface area contributed by atoms with E-state index in [1.54, 1.807) is 0 Å². The minimum absolute atomic E-state index is 0.153. The lowest BCUT2D eigenvalue weighted by atomic mass is 9.78. The van der Waals surface area contributed by atoms with Crippen molar-refractivity contribution in [1.82, 2.24) is 0 Å². The van der Waals surface area contributed by atoms with Gasteiger partial charge in [0, 0.05) is 34.1 Å². The Balaban J connectivity index is 0.885. The topological polar surface area (TPSA) is 6.48 Å². The van der Waals surface area contributed by atoms with Gasteiger partial charge in [0.15, 0.2) is 0 Å². The SMILES string of the molecule is Cc1ccc(C(=Cc2ccc(N(c3ccc(C)cc3)c3cc4cc(C(C)(C)C)cc5c4c(c3)c3cccc4c3c5c3cccc5c6cc(N(c7ccc(C)cc7)c7ccc(C=C(c8ccc(C)cc8)c8ccc(C)cc8)cc7)cc7cc(C(C)(C)C)cc(c76)c4c53)cc2)c2ccc(C)cc2)cc1. The highest BCUT2D eigenvalue weighted by atomic mass is 15.1. The molecule has 0 bridgehead atoms. The van der Waals surface area contributed by atoms with Gasteiger partial charge in [-0.2, -0.15) is 0 Å². The fourth-order valence-corrected chi connectivity index (χ4v) is 15.9. The summed E-state index contributed by atoms with van der Waals surface area (Å²) in [6.45, 7) is 27.2. The second-order valence-corrected chi connectivity index (χ2v) is 31.0. The van der Waals surface area contributed by atoms with E-state index in [4.69, 9.17) is 0 Å². The molecule has 0 spiro atoms. The van der Waals surface area contributed by atoms with Crippen molar-refractivity contribution < 1.29 is 0 Å². The molecule has 0 heterocycles. The molecular weight excluding hydrogens is 1230 g/mol. The third-order valence-corrected chi connectivity index (χ3v) is 21.6. The van der Waals surface area contributed by atoms with Crippen molar-refractivity contribution in [3.8, 4) is 0 Å². The molecule has 0 amide bonds. The predicted molar refractivity (Wildman–Crippen MR) is 444 cm³/mol. The van der Waals surface area contributed by atoms with Gasteiger partial charge in [-0.3, -0.25) is 0 Å². The van der Waals surface area contributed by atoms with Crippen molar-refractivity contribution in [2.75, 3.05) is 9.80 Å². The highest BCUT2D eigenvalue weighted by molar-refractivity contribution is 6.48. The van der Waals surface area contributed by atoms with Gasteiger partial charge in [-0.1, -0.05) is 269 Å². The zero-order valence-corrected chi connectivity index (χ0v) is 60.6. The Kier molecular flexibility index (Phi) is 15.4. The van der Waals surface area contributed by atoms with Crippen molar-refractivity contribution in [3.63, 3.8) is 0 Å². The second kappa shape index (κ2) is 24.6. The molecule has 102 heavy (non-hydrogen) atoms. The molecule has 2 nitrogen and oxygen atoms in total. The van der Waals surface area contributed by atoms with Crippen molar-refractivity contribution in [2.45, 2.75) is 93.9 Å². The molecule has 0 aliphatic rings. The lowest BCUT2D eigenvalue weighted by molar-refractivity contribution is 0.591. The van der Waals surface area contributed by atoms with Crippen molar-refractivity contribution in [3.05, 3.63) is 357 Å². The van der Waals surface area contributed by atoms with Gasteiger partial charge >= 0.3 is 0 Å². The summed E-state index contributed by atoms with van der Waals surface area (Å²) < 4.78 is 0. The highest BCUT2D eigenvalue weighted by Gasteiger charge is 2.28. The third kappa shape index (κ3) is 11.3. The minimum Gasteiger partial charge on any atom is -0.310 e. The number of hydrogen-bond acceptors (Lipinski definition) is 2. The van der Waals surface area contributed by atoms with Gasteiger partial charge in [0.2, 0.25) is 0 Å². The molecule has 0 radical (unpaired) electrons. The molecular formula is C100H84N2. The van der Waals surface area contributed by atoms with E-state index in [9.17, 15) is 0 Å². The summed E-state index contributed by atoms with van der Waals surface area (Å²) >= 11 is 0. The van der Waals surface area contributed by atoms with Gasteiger partial charge in [0.05, 0.1) is 0 Å². The number of fused-ring (bicyclic) bond motifs is 6. The van der Waals surface area contributed by atoms with Crippen LogP contribution in [0.15, 0.2) is 279 Å². The van der Waals surface area contributed by atoms with Crippen LogP contribution in [-0.2, 0) is 10.8 Å². The molecule has 0 saturated heterocycles. The first-order valence-electron chi connectivity index (χ1n) is 36.2. The van der Waals surface area contributed by atoms with E-state index in [2.05, 4.69) is 384 Å². The van der Waals surface area contributed by atoms with Crippen LogP contribution in [0.2, 0.25) is 0 Å². The monoisotopic (exact) mass is 1310 g/mol. The normalized spacial score (nSPS) is 12.1. The smallest absolute Gasteiger partial charge is 0.0474 e. The largest absolute Gasteiger partial charge is 0.310 e. The number of anilines is 6. The van der Waals surface area contributed by atoms with Gasteiger partial charge < -0.3 is 9.80 Å². The molecule has 17 aromatic rings. The maximum absolute atomic E-state index is 2.55. The summed E-state index contributed by atoms with van der Waals surface area (Å²) in [7, 11) is 0. The molecule has 17 aromatic carbocycles. The minimum atomic E-state index is -0.153. The van der Waals surface area contributed by atoms with E-state index < -0.39 is 0 Å². The van der Waals surface area contributed by atoms with Crippen LogP contribution in [0.1, 0.15) is 119 Å². The van der Waals surface area contributed by atoms with Gasteiger partial charge in [0.25, 0.3) is 0 Å². The molecule has 2 heteroatoms. The average Bonchev–Trinajstić information content (AvgIpc) is 0.678. The Morgan fingerprint density at radius 1 is 0.235 bits per heavy atom. The van der Waals surface area contributed by atoms with Crippen LogP contribution >= 0.6 is 0 Å². The molecule has 0 aliphatic heterocycles. The van der Waals surface area contributed by atoms with E-state index in [1.807, 2.05) is 0 Å². The van der Waals surface area contributed by atoms with Crippen LogP contribution in [0, 0.1) is 41.5 Å². The van der Waals surface area contributed by atoms with Crippen LogP contribution < -0.4 is 9.80 Å². The Bertz CT molecular complexity index is 5680. The molecule has 0 aromatic heterocycles. The molecule has 17 rings (SSSR count). The fraction of sp³-hybridized carbons (Fsp3) is 0.140. The number of benzene rings is 17. The van der Waals surface area contributed by atoms with E-state index >= 15 is 0 Å². The van der Waals surface area contributed by atoms with Gasteiger partial charge in [-0.05, 0) is 291 Å². The molecule has 494 valence electrons. The van der Waals surface area contributed by atoms with Crippen LogP contribution in [0.4, 0.5) is 34.1 Å². The summed E-state index contributed by atoms with van der Waals surface area (Å²) in [6, 6.07) is 107. The fourth-order valence-electron chi connectivity index (χ4n) is 15.9. The lowest BCUT2D eigenvalue weighted by Gasteiger charge is -2.29. The number of hydrogen-bond donors (Lipinski definition) is 0. The molecule has 0 N–H and O–H groups in total. The number of aryl methyl sites for hydroxylation is 6. The van der Waals surface area contributed by atoms with Crippen molar-refractivity contribution in [2.24, 2.45) is 0 Å². The van der Waals surface area contributed by atoms with Crippen LogP contribution in [0.5, 0.6) is 0 Å². The summed E-state index contributed by atoms with van der Waals surface area (Å²) in [5, 5.41) is 20.5. The van der Waals surface area contributed by atoms with Gasteiger partial charge in [-0.25, -0.2) is 0 Å². The van der Waals surface area contributed by atoms with E-state index in [-0.39, 0.29) is 10.8 Å². The molecule has 0 unspecified atom stereocenters. The summed E-state index contributed by atoms with van der Waals surface area (Å²) in [5.74, 6) is 0. The molecule has 0 atom stereocenters. The highest BCUT2D eigenvalue weighted by Crippen LogP contribution is 2.54. The van der Waals surface area contributed by atoms with Crippen molar-refractivity contribution in [1.29, 1.82) is 0 Å².